The average molecular weight is 223 g/mol. The molecule has 1 aromatic heterocycles. The predicted octanol–water partition coefficient (Wildman–Crippen LogP) is 0.250. The van der Waals surface area contributed by atoms with Crippen LogP contribution in [0.5, 0.6) is 0 Å². The highest BCUT2D eigenvalue weighted by molar-refractivity contribution is 5.94. The van der Waals surface area contributed by atoms with Gasteiger partial charge in [-0.25, -0.2) is 0 Å². The summed E-state index contributed by atoms with van der Waals surface area (Å²) in [6.45, 7) is 0.284. The quantitative estimate of drug-likeness (QED) is 0.749. The molecule has 0 unspecified atom stereocenters. The minimum absolute atomic E-state index is 0.00532. The fraction of sp³-hybridized carbons (Fsp3) is 0.500. The van der Waals surface area contributed by atoms with Crippen LogP contribution in [0.25, 0.3) is 0 Å². The van der Waals surface area contributed by atoms with Crippen molar-refractivity contribution in [2.45, 2.75) is 31.8 Å². The number of carbonyl (C=O) groups excluding carboxylic acids is 1. The van der Waals surface area contributed by atoms with Crippen LogP contribution in [0.4, 0.5) is 0 Å². The van der Waals surface area contributed by atoms with E-state index in [1.54, 1.807) is 6.20 Å². The van der Waals surface area contributed by atoms with Gasteiger partial charge in [0.25, 0.3) is 5.91 Å². The number of amides is 1. The lowest BCUT2D eigenvalue weighted by Crippen LogP contribution is -2.24. The summed E-state index contributed by atoms with van der Waals surface area (Å²) in [4.78, 5) is 21.9. The zero-order chi connectivity index (χ0) is 11.5. The van der Waals surface area contributed by atoms with Crippen LogP contribution < -0.4 is 5.32 Å². The zero-order valence-electron chi connectivity index (χ0n) is 8.72. The molecule has 0 atom stereocenters. The molecular formula is C10H13N3O3. The lowest BCUT2D eigenvalue weighted by molar-refractivity contribution is -0.137. The summed E-state index contributed by atoms with van der Waals surface area (Å²) in [7, 11) is 0. The molecule has 1 aliphatic carbocycles. The fourth-order valence-electron chi connectivity index (χ4n) is 1.31. The van der Waals surface area contributed by atoms with Gasteiger partial charge in [-0.1, -0.05) is 0 Å². The van der Waals surface area contributed by atoms with E-state index in [1.165, 1.54) is 10.9 Å². The van der Waals surface area contributed by atoms with Crippen LogP contribution in [-0.4, -0.2) is 32.8 Å². The maximum atomic E-state index is 11.6. The summed E-state index contributed by atoms with van der Waals surface area (Å²) in [5.41, 5.74) is 0.484. The van der Waals surface area contributed by atoms with E-state index in [0.717, 1.165) is 12.8 Å². The smallest absolute Gasteiger partial charge is 0.305 e. The number of carboxylic acids is 1. The number of hydrogen-bond donors (Lipinski definition) is 2. The molecule has 0 saturated heterocycles. The predicted molar refractivity (Wildman–Crippen MR) is 55.0 cm³/mol. The van der Waals surface area contributed by atoms with Crippen LogP contribution in [0.3, 0.4) is 0 Å². The number of rotatable bonds is 5. The first-order valence-corrected chi connectivity index (χ1v) is 5.20. The van der Waals surface area contributed by atoms with E-state index in [-0.39, 0.29) is 18.9 Å². The summed E-state index contributed by atoms with van der Waals surface area (Å²) in [5.74, 6) is -1.01. The molecule has 0 aromatic carbocycles. The van der Waals surface area contributed by atoms with Gasteiger partial charge >= 0.3 is 5.97 Å². The van der Waals surface area contributed by atoms with Crippen molar-refractivity contribution in [3.05, 3.63) is 18.0 Å². The minimum Gasteiger partial charge on any atom is -0.481 e. The fourth-order valence-corrected chi connectivity index (χ4v) is 1.31. The first-order valence-electron chi connectivity index (χ1n) is 5.20. The van der Waals surface area contributed by atoms with E-state index >= 15 is 0 Å². The molecule has 2 rings (SSSR count). The molecule has 1 aliphatic rings. The van der Waals surface area contributed by atoms with Gasteiger partial charge < -0.3 is 10.4 Å². The van der Waals surface area contributed by atoms with E-state index < -0.39 is 5.97 Å². The lowest BCUT2D eigenvalue weighted by Gasteiger charge is -1.99. The van der Waals surface area contributed by atoms with Crippen LogP contribution in [0, 0.1) is 0 Å². The second kappa shape index (κ2) is 4.34. The van der Waals surface area contributed by atoms with E-state index in [0.29, 0.717) is 11.6 Å². The molecule has 0 bridgehead atoms. The number of nitrogens with one attached hydrogen (secondary N) is 1. The van der Waals surface area contributed by atoms with E-state index in [4.69, 9.17) is 5.11 Å². The summed E-state index contributed by atoms with van der Waals surface area (Å²) < 4.78 is 1.47. The lowest BCUT2D eigenvalue weighted by atomic mass is 10.3. The van der Waals surface area contributed by atoms with E-state index in [1.807, 2.05) is 0 Å². The molecule has 1 aromatic rings. The van der Waals surface area contributed by atoms with Crippen molar-refractivity contribution in [3.8, 4) is 0 Å². The third kappa shape index (κ3) is 2.82. The molecule has 6 heteroatoms. The van der Waals surface area contributed by atoms with Gasteiger partial charge in [0, 0.05) is 12.2 Å². The molecule has 2 N–H and O–H groups in total. The molecule has 1 saturated carbocycles. The summed E-state index contributed by atoms with van der Waals surface area (Å²) in [6, 6.07) is 0.315. The largest absolute Gasteiger partial charge is 0.481 e. The Morgan fingerprint density at radius 1 is 1.56 bits per heavy atom. The molecule has 1 fully saturated rings. The van der Waals surface area contributed by atoms with Crippen molar-refractivity contribution >= 4 is 11.9 Å². The van der Waals surface area contributed by atoms with Crippen LogP contribution in [0.15, 0.2) is 12.4 Å². The number of carbonyl (C=O) groups is 2. The Kier molecular flexibility index (Phi) is 2.89. The maximum Gasteiger partial charge on any atom is 0.305 e. The van der Waals surface area contributed by atoms with Gasteiger partial charge in [-0.05, 0) is 12.8 Å². The average Bonchev–Trinajstić information content (AvgIpc) is 2.92. The van der Waals surface area contributed by atoms with Gasteiger partial charge in [-0.2, -0.15) is 5.10 Å². The Balaban J connectivity index is 1.90. The second-order valence-corrected chi connectivity index (χ2v) is 3.88. The molecule has 16 heavy (non-hydrogen) atoms. The SMILES string of the molecule is O=C(O)CCn1cc(C(=O)NC2CC2)cn1. The van der Waals surface area contributed by atoms with Crippen molar-refractivity contribution in [1.29, 1.82) is 0 Å². The highest BCUT2D eigenvalue weighted by Crippen LogP contribution is 2.19. The third-order valence-electron chi connectivity index (χ3n) is 2.36. The molecule has 0 radical (unpaired) electrons. The Morgan fingerprint density at radius 3 is 2.94 bits per heavy atom. The van der Waals surface area contributed by atoms with Gasteiger partial charge in [-0.3, -0.25) is 14.3 Å². The normalized spacial score (nSPS) is 14.8. The topological polar surface area (TPSA) is 84.2 Å². The molecule has 6 nitrogen and oxygen atoms in total. The number of aryl methyl sites for hydroxylation is 1. The van der Waals surface area contributed by atoms with Crippen LogP contribution in [0.1, 0.15) is 29.6 Å². The molecule has 0 aliphatic heterocycles. The minimum atomic E-state index is -0.875. The van der Waals surface area contributed by atoms with Gasteiger partial charge in [-0.15, -0.1) is 0 Å². The van der Waals surface area contributed by atoms with Crippen LogP contribution >= 0.6 is 0 Å². The molecule has 1 amide bonds. The number of carboxylic acid groups (broad SMARTS) is 1. The monoisotopic (exact) mass is 223 g/mol. The Bertz CT molecular complexity index is 409. The van der Waals surface area contributed by atoms with Crippen molar-refractivity contribution in [2.24, 2.45) is 0 Å². The van der Waals surface area contributed by atoms with E-state index in [9.17, 15) is 9.59 Å². The zero-order valence-corrected chi connectivity index (χ0v) is 8.72. The van der Waals surface area contributed by atoms with Crippen LogP contribution in [-0.2, 0) is 11.3 Å². The number of aromatic nitrogens is 2. The van der Waals surface area contributed by atoms with E-state index in [2.05, 4.69) is 10.4 Å². The summed E-state index contributed by atoms with van der Waals surface area (Å²) in [6.07, 6.45) is 5.11. The Morgan fingerprint density at radius 2 is 2.31 bits per heavy atom. The van der Waals surface area contributed by atoms with Gasteiger partial charge in [0.2, 0.25) is 0 Å². The van der Waals surface area contributed by atoms with Crippen molar-refractivity contribution < 1.29 is 14.7 Å². The highest BCUT2D eigenvalue weighted by atomic mass is 16.4. The van der Waals surface area contributed by atoms with Crippen molar-refractivity contribution in [3.63, 3.8) is 0 Å². The van der Waals surface area contributed by atoms with Gasteiger partial charge in [0.1, 0.15) is 0 Å². The first kappa shape index (κ1) is 10.7. The van der Waals surface area contributed by atoms with Crippen LogP contribution in [0.2, 0.25) is 0 Å². The van der Waals surface area contributed by atoms with Gasteiger partial charge in [0.15, 0.2) is 0 Å². The number of hydrogen-bond acceptors (Lipinski definition) is 3. The van der Waals surface area contributed by atoms with Crippen molar-refractivity contribution in [2.75, 3.05) is 0 Å². The third-order valence-corrected chi connectivity index (χ3v) is 2.36. The highest BCUT2D eigenvalue weighted by Gasteiger charge is 2.24. The molecule has 86 valence electrons. The Hall–Kier alpha value is -1.85. The maximum absolute atomic E-state index is 11.6. The summed E-state index contributed by atoms with van der Waals surface area (Å²) >= 11 is 0. The number of aliphatic carboxylic acids is 1. The number of nitrogens with zero attached hydrogens (tertiary/aromatic N) is 2. The van der Waals surface area contributed by atoms with Crippen molar-refractivity contribution in [1.82, 2.24) is 15.1 Å². The van der Waals surface area contributed by atoms with Gasteiger partial charge in [0.05, 0.1) is 24.7 Å². The first-order chi connectivity index (χ1) is 7.65. The second-order valence-electron chi connectivity index (χ2n) is 3.88. The molecule has 1 heterocycles. The Labute approximate surface area is 92.3 Å². The standard InChI is InChI=1S/C10H13N3O3/c14-9(15)3-4-13-6-7(5-11-13)10(16)12-8-1-2-8/h5-6,8H,1-4H2,(H,12,16)(H,14,15). The molecular weight excluding hydrogens is 210 g/mol. The summed E-state index contributed by atoms with van der Waals surface area (Å²) in [5, 5.41) is 15.3. The molecule has 0 spiro atoms.